The zero-order chi connectivity index (χ0) is 28.8. The van der Waals surface area contributed by atoms with Crippen molar-refractivity contribution in [3.8, 4) is 0 Å². The maximum Gasteiger partial charge on any atom is 0.209 e. The Kier molecular flexibility index (Phi) is 4.74. The van der Waals surface area contributed by atoms with Crippen molar-refractivity contribution in [2.24, 2.45) is 4.99 Å². The van der Waals surface area contributed by atoms with Crippen molar-refractivity contribution in [2.75, 3.05) is 0 Å². The lowest BCUT2D eigenvalue weighted by Gasteiger charge is -2.29. The van der Waals surface area contributed by atoms with Gasteiger partial charge < -0.3 is 9.73 Å². The van der Waals surface area contributed by atoms with Crippen LogP contribution in [0.1, 0.15) is 5.56 Å². The van der Waals surface area contributed by atoms with Crippen LogP contribution in [-0.4, -0.2) is 16.6 Å². The third-order valence-electron chi connectivity index (χ3n) is 9.18. The van der Waals surface area contributed by atoms with Crippen molar-refractivity contribution < 1.29 is 4.42 Å². The number of nitrogens with zero attached hydrogens (tertiary/aromatic N) is 2. The minimum atomic E-state index is -0.0118. The van der Waals surface area contributed by atoms with E-state index in [0.717, 1.165) is 61.2 Å². The Balaban J connectivity index is 1.36. The van der Waals surface area contributed by atoms with Crippen molar-refractivity contribution in [3.63, 3.8) is 0 Å². The zero-order valence-electron chi connectivity index (χ0n) is 23.7. The second kappa shape index (κ2) is 8.82. The minimum absolute atomic E-state index is 0.0118. The number of furan rings is 1. The number of fused-ring (bicyclic) bond motifs is 12. The van der Waals surface area contributed by atoms with Gasteiger partial charge in [0.15, 0.2) is 0 Å². The molecule has 0 bridgehead atoms. The third kappa shape index (κ3) is 3.20. The van der Waals surface area contributed by atoms with Gasteiger partial charge in [0.05, 0.1) is 28.2 Å². The summed E-state index contributed by atoms with van der Waals surface area (Å²) < 4.78 is 8.95. The summed E-state index contributed by atoms with van der Waals surface area (Å²) in [5.41, 5.74) is 7.25. The van der Waals surface area contributed by atoms with Gasteiger partial charge in [0.1, 0.15) is 11.2 Å². The highest BCUT2D eigenvalue weighted by molar-refractivity contribution is 6.36. The number of benzene rings is 6. The first-order valence-corrected chi connectivity index (χ1v) is 15.0. The number of hydrogen-bond donors (Lipinski definition) is 1. The number of aromatic nitrogens is 1. The van der Waals surface area contributed by atoms with Crippen molar-refractivity contribution >= 4 is 76.9 Å². The van der Waals surface area contributed by atoms with Crippen LogP contribution in [-0.2, 0) is 0 Å². The predicted octanol–water partition coefficient (Wildman–Crippen LogP) is 9.71. The van der Waals surface area contributed by atoms with Gasteiger partial charge in [0, 0.05) is 32.7 Å². The average molecular weight is 564 g/mol. The van der Waals surface area contributed by atoms with Crippen LogP contribution < -0.4 is 5.32 Å². The second-order valence-corrected chi connectivity index (χ2v) is 11.6. The zero-order valence-corrected chi connectivity index (χ0v) is 23.7. The topological polar surface area (TPSA) is 42.5 Å². The van der Waals surface area contributed by atoms with E-state index in [1.54, 1.807) is 0 Å². The molecule has 1 N–H and O–H groups in total. The molecule has 0 radical (unpaired) electrons. The van der Waals surface area contributed by atoms with E-state index >= 15 is 0 Å². The molecule has 0 spiro atoms. The smallest absolute Gasteiger partial charge is 0.209 e. The van der Waals surface area contributed by atoms with Crippen LogP contribution in [0.25, 0.3) is 71.0 Å². The second-order valence-electron chi connectivity index (χ2n) is 11.6. The van der Waals surface area contributed by atoms with E-state index in [9.17, 15) is 0 Å². The molecule has 0 fully saturated rings. The first-order valence-electron chi connectivity index (χ1n) is 15.0. The molecule has 1 unspecified atom stereocenters. The highest BCUT2D eigenvalue weighted by atomic mass is 16.3. The van der Waals surface area contributed by atoms with Gasteiger partial charge in [0.25, 0.3) is 0 Å². The summed E-state index contributed by atoms with van der Waals surface area (Å²) in [4.78, 5) is 5.47. The highest BCUT2D eigenvalue weighted by Crippen LogP contribution is 2.45. The van der Waals surface area contributed by atoms with Gasteiger partial charge in [-0.25, -0.2) is 4.99 Å². The molecule has 3 heterocycles. The van der Waals surface area contributed by atoms with Crippen LogP contribution in [0, 0.1) is 0 Å². The van der Waals surface area contributed by atoms with E-state index < -0.39 is 0 Å². The highest BCUT2D eigenvalue weighted by Gasteiger charge is 2.29. The summed E-state index contributed by atoms with van der Waals surface area (Å²) in [5.74, 6) is 0.801. The molecule has 1 aliphatic carbocycles. The summed E-state index contributed by atoms with van der Waals surface area (Å²) in [5, 5.41) is 13.1. The lowest BCUT2D eigenvalue weighted by atomic mass is 9.94. The Morgan fingerprint density at radius 3 is 2.32 bits per heavy atom. The fraction of sp³-hybridized carbons (Fsp3) is 0.0250. The SMILES string of the molecule is C1=CC2=C(c3ccc4ccccc4c3)N=C(n3c4ccccc4c4c5ccccc5c5oc6ccccc6c5c43)NC2C=C1. The molecule has 206 valence electrons. The van der Waals surface area contributed by atoms with E-state index in [1.807, 2.05) is 6.07 Å². The lowest BCUT2D eigenvalue weighted by Crippen LogP contribution is -2.42. The molecule has 0 saturated heterocycles. The molecule has 10 rings (SSSR count). The quantitative estimate of drug-likeness (QED) is 0.216. The van der Waals surface area contributed by atoms with Gasteiger partial charge in [-0.05, 0) is 34.4 Å². The molecule has 8 aromatic rings. The fourth-order valence-electron chi connectivity index (χ4n) is 7.26. The molecule has 4 nitrogen and oxygen atoms in total. The summed E-state index contributed by atoms with van der Waals surface area (Å²) in [7, 11) is 0. The summed E-state index contributed by atoms with van der Waals surface area (Å²) >= 11 is 0. The van der Waals surface area contributed by atoms with Gasteiger partial charge in [-0.15, -0.1) is 0 Å². The number of hydrogen-bond acceptors (Lipinski definition) is 3. The van der Waals surface area contributed by atoms with Crippen LogP contribution in [0.2, 0.25) is 0 Å². The van der Waals surface area contributed by atoms with E-state index in [2.05, 4.69) is 143 Å². The minimum Gasteiger partial charge on any atom is -0.455 e. The standard InChI is InChI=1S/C40H25N3O/c1-2-12-25-23-26(22-21-24(25)11-1)37-29-15-5-8-18-32(29)41-40(42-37)43-33-19-9-6-16-30(33)35-27-13-3-4-14-28(27)39-36(38(35)43)31-17-7-10-20-34(31)44-39/h1-23,32H,(H,41,42). The first kappa shape index (κ1) is 23.7. The molecule has 0 saturated carbocycles. The number of aliphatic imine (C=N–C) groups is 1. The Hall–Kier alpha value is -5.87. The van der Waals surface area contributed by atoms with Crippen LogP contribution in [0.3, 0.4) is 0 Å². The van der Waals surface area contributed by atoms with Crippen LogP contribution in [0.15, 0.2) is 155 Å². The van der Waals surface area contributed by atoms with E-state index in [0.29, 0.717) is 0 Å². The molecule has 1 atom stereocenters. The van der Waals surface area contributed by atoms with Crippen LogP contribution in [0.4, 0.5) is 0 Å². The maximum atomic E-state index is 6.63. The first-order chi connectivity index (χ1) is 21.8. The van der Waals surface area contributed by atoms with E-state index in [4.69, 9.17) is 9.41 Å². The molecule has 1 aliphatic heterocycles. The van der Waals surface area contributed by atoms with Crippen molar-refractivity contribution in [1.82, 2.24) is 9.88 Å². The van der Waals surface area contributed by atoms with Gasteiger partial charge in [0.2, 0.25) is 5.96 Å². The average Bonchev–Trinajstić information content (AvgIpc) is 3.64. The van der Waals surface area contributed by atoms with Crippen molar-refractivity contribution in [1.29, 1.82) is 0 Å². The number of allylic oxidation sites excluding steroid dienone is 2. The number of para-hydroxylation sites is 2. The molecule has 2 aromatic heterocycles. The lowest BCUT2D eigenvalue weighted by molar-refractivity contribution is 0.673. The van der Waals surface area contributed by atoms with Gasteiger partial charge in [-0.2, -0.15) is 0 Å². The summed E-state index contributed by atoms with van der Waals surface area (Å²) in [6.07, 6.45) is 8.62. The molecule has 4 heteroatoms. The van der Waals surface area contributed by atoms with Gasteiger partial charge >= 0.3 is 0 Å². The Morgan fingerprint density at radius 1 is 0.659 bits per heavy atom. The summed E-state index contributed by atoms with van der Waals surface area (Å²) in [6, 6.07) is 40.8. The van der Waals surface area contributed by atoms with Crippen LogP contribution >= 0.6 is 0 Å². The molecular weight excluding hydrogens is 538 g/mol. The molecule has 0 amide bonds. The normalized spacial score (nSPS) is 16.5. The van der Waals surface area contributed by atoms with Crippen molar-refractivity contribution in [2.45, 2.75) is 6.04 Å². The van der Waals surface area contributed by atoms with Gasteiger partial charge in [-0.1, -0.05) is 121 Å². The third-order valence-corrected chi connectivity index (χ3v) is 9.18. The largest absolute Gasteiger partial charge is 0.455 e. The van der Waals surface area contributed by atoms with Crippen molar-refractivity contribution in [3.05, 3.63) is 151 Å². The predicted molar refractivity (Wildman–Crippen MR) is 183 cm³/mol. The Bertz CT molecular complexity index is 2640. The van der Waals surface area contributed by atoms with Gasteiger partial charge in [-0.3, -0.25) is 4.57 Å². The van der Waals surface area contributed by atoms with Crippen LogP contribution in [0.5, 0.6) is 0 Å². The molecular formula is C40H25N3O. The van der Waals surface area contributed by atoms with E-state index in [1.165, 1.54) is 26.9 Å². The number of nitrogens with one attached hydrogen (secondary N) is 1. The monoisotopic (exact) mass is 563 g/mol. The fourth-order valence-corrected chi connectivity index (χ4v) is 7.26. The molecule has 44 heavy (non-hydrogen) atoms. The molecule has 6 aromatic carbocycles. The maximum absolute atomic E-state index is 6.63. The Morgan fingerprint density at radius 2 is 1.41 bits per heavy atom. The summed E-state index contributed by atoms with van der Waals surface area (Å²) in [6.45, 7) is 0. The van der Waals surface area contributed by atoms with E-state index in [-0.39, 0.29) is 6.04 Å². The number of rotatable bonds is 1. The molecule has 2 aliphatic rings. The Labute approximate surface area is 252 Å².